The Balaban J connectivity index is 1.26. The molecule has 1 aliphatic rings. The molecule has 0 radical (unpaired) electrons. The van der Waals surface area contributed by atoms with Crippen LogP contribution < -0.4 is 10.7 Å². The molecule has 0 amide bonds. The van der Waals surface area contributed by atoms with Crippen molar-refractivity contribution in [3.8, 4) is 0 Å². The number of oxazole rings is 1. The summed E-state index contributed by atoms with van der Waals surface area (Å²) in [7, 11) is 0. The Morgan fingerprint density at radius 2 is 1.97 bits per heavy atom. The molecule has 0 saturated carbocycles. The second kappa shape index (κ2) is 8.09. The van der Waals surface area contributed by atoms with Crippen LogP contribution in [0.1, 0.15) is 25.8 Å². The highest BCUT2D eigenvalue weighted by atomic mass is 35.5. The summed E-state index contributed by atoms with van der Waals surface area (Å²) in [4.78, 5) is 19.3. The first kappa shape index (κ1) is 20.2. The van der Waals surface area contributed by atoms with Gasteiger partial charge in [-0.1, -0.05) is 17.7 Å². The highest BCUT2D eigenvalue weighted by molar-refractivity contribution is 6.31. The van der Waals surface area contributed by atoms with E-state index in [-0.39, 0.29) is 0 Å². The molecule has 0 unspecified atom stereocenters. The van der Waals surface area contributed by atoms with Gasteiger partial charge in [0.2, 0.25) is 0 Å². The topological polar surface area (TPSA) is 65.6 Å². The summed E-state index contributed by atoms with van der Waals surface area (Å²) in [6.07, 6.45) is 3.87. The maximum Gasteiger partial charge on any atom is 0.417 e. The van der Waals surface area contributed by atoms with Gasteiger partial charge >= 0.3 is 5.76 Å². The number of aryl methyl sites for hydroxylation is 1. The van der Waals surface area contributed by atoms with Crippen molar-refractivity contribution in [1.82, 2.24) is 9.88 Å². The predicted molar refractivity (Wildman–Crippen MR) is 124 cm³/mol. The van der Waals surface area contributed by atoms with Crippen molar-refractivity contribution in [3.05, 3.63) is 63.8 Å². The lowest BCUT2D eigenvalue weighted by Crippen LogP contribution is -2.57. The number of benzene rings is 2. The zero-order chi connectivity index (χ0) is 21.5. The monoisotopic (exact) mass is 439 g/mol. The van der Waals surface area contributed by atoms with Crippen LogP contribution in [0.2, 0.25) is 5.02 Å². The number of aromatic nitrogens is 1. The highest BCUT2D eigenvalue weighted by Crippen LogP contribution is 2.29. The van der Waals surface area contributed by atoms with Gasteiger partial charge in [-0.3, -0.25) is 9.88 Å². The maximum absolute atomic E-state index is 11.7. The molecule has 0 bridgehead atoms. The van der Waals surface area contributed by atoms with Crippen LogP contribution in [0.15, 0.2) is 56.3 Å². The summed E-state index contributed by atoms with van der Waals surface area (Å²) >= 11 is 6.16. The maximum atomic E-state index is 11.7. The van der Waals surface area contributed by atoms with Crippen molar-refractivity contribution >= 4 is 39.4 Å². The SMILES string of the molecule is C[C@@H]1CN(c2cccc3[nH]c(=O)oc23)C[C@H](C)N1CCCc1coc2ccc(Cl)cc12. The molecule has 1 saturated heterocycles. The van der Waals surface area contributed by atoms with E-state index in [1.807, 2.05) is 42.7 Å². The molecule has 6 nitrogen and oxygen atoms in total. The standard InChI is InChI=1S/C24H26ClN3O3/c1-15-12-27(21-7-3-6-20-23(21)31-24(29)26-20)13-16(2)28(15)10-4-5-17-14-30-22-9-8-18(25)11-19(17)22/h3,6-9,11,14-16H,4-5,10,12-13H2,1-2H3,(H,26,29)/t15-,16+. The van der Waals surface area contributed by atoms with Crippen LogP contribution in [0, 0.1) is 0 Å². The van der Waals surface area contributed by atoms with E-state index < -0.39 is 5.76 Å². The Hall–Kier alpha value is -2.70. The van der Waals surface area contributed by atoms with E-state index in [0.29, 0.717) is 17.7 Å². The Kier molecular flexibility index (Phi) is 5.28. The summed E-state index contributed by atoms with van der Waals surface area (Å²) in [6.45, 7) is 7.34. The zero-order valence-corrected chi connectivity index (χ0v) is 18.5. The van der Waals surface area contributed by atoms with Crippen molar-refractivity contribution in [1.29, 1.82) is 0 Å². The molecule has 2 atom stereocenters. The number of nitrogens with one attached hydrogen (secondary N) is 1. The van der Waals surface area contributed by atoms with Crippen LogP contribution in [0.5, 0.6) is 0 Å². The molecule has 1 fully saturated rings. The lowest BCUT2D eigenvalue weighted by atomic mass is 10.0. The molecule has 0 spiro atoms. The summed E-state index contributed by atoms with van der Waals surface area (Å²) in [6, 6.07) is 12.4. The fourth-order valence-electron chi connectivity index (χ4n) is 4.90. The van der Waals surface area contributed by atoms with Crippen LogP contribution in [0.3, 0.4) is 0 Å². The van der Waals surface area contributed by atoms with Crippen molar-refractivity contribution < 1.29 is 8.83 Å². The second-order valence-electron chi connectivity index (χ2n) is 8.51. The van der Waals surface area contributed by atoms with E-state index in [0.717, 1.165) is 59.7 Å². The molecule has 2 aromatic heterocycles. The number of H-pyrrole nitrogens is 1. The first-order valence-corrected chi connectivity index (χ1v) is 11.2. The van der Waals surface area contributed by atoms with Gasteiger partial charge < -0.3 is 13.7 Å². The minimum Gasteiger partial charge on any atom is -0.464 e. The number of hydrogen-bond acceptors (Lipinski definition) is 5. The van der Waals surface area contributed by atoms with Gasteiger partial charge in [0.15, 0.2) is 5.58 Å². The molecule has 31 heavy (non-hydrogen) atoms. The predicted octanol–water partition coefficient (Wildman–Crippen LogP) is 5.05. The Bertz CT molecular complexity index is 1260. The average Bonchev–Trinajstić information content (AvgIpc) is 3.31. The van der Waals surface area contributed by atoms with Crippen molar-refractivity contribution in [2.24, 2.45) is 0 Å². The van der Waals surface area contributed by atoms with E-state index in [1.54, 1.807) is 0 Å². The third-order valence-electron chi connectivity index (χ3n) is 6.35. The van der Waals surface area contributed by atoms with Gasteiger partial charge in [-0.2, -0.15) is 0 Å². The number of halogens is 1. The molecule has 4 aromatic rings. The van der Waals surface area contributed by atoms with Gasteiger partial charge in [-0.05, 0) is 69.1 Å². The lowest BCUT2D eigenvalue weighted by Gasteiger charge is -2.45. The lowest BCUT2D eigenvalue weighted by molar-refractivity contribution is 0.130. The Labute approximate surface area is 185 Å². The van der Waals surface area contributed by atoms with Crippen LogP contribution in [0.25, 0.3) is 22.1 Å². The van der Waals surface area contributed by atoms with Gasteiger partial charge in [-0.25, -0.2) is 4.79 Å². The molecule has 1 aliphatic heterocycles. The zero-order valence-electron chi connectivity index (χ0n) is 17.7. The van der Waals surface area contributed by atoms with E-state index in [1.165, 1.54) is 5.56 Å². The first-order chi connectivity index (χ1) is 15.0. The number of para-hydroxylation sites is 1. The summed E-state index contributed by atoms with van der Waals surface area (Å²) in [5.41, 5.74) is 4.48. The van der Waals surface area contributed by atoms with Crippen LogP contribution in [-0.2, 0) is 6.42 Å². The van der Waals surface area contributed by atoms with Gasteiger partial charge in [0.25, 0.3) is 0 Å². The third-order valence-corrected chi connectivity index (χ3v) is 6.58. The minimum atomic E-state index is -0.407. The number of hydrogen-bond donors (Lipinski definition) is 1. The molecule has 0 aliphatic carbocycles. The fraction of sp³-hybridized carbons (Fsp3) is 0.375. The van der Waals surface area contributed by atoms with E-state index in [4.69, 9.17) is 20.4 Å². The Morgan fingerprint density at radius 1 is 1.16 bits per heavy atom. The molecule has 5 rings (SSSR count). The number of anilines is 1. The second-order valence-corrected chi connectivity index (χ2v) is 8.95. The van der Waals surface area contributed by atoms with Gasteiger partial charge in [-0.15, -0.1) is 0 Å². The molecular formula is C24H26ClN3O3. The van der Waals surface area contributed by atoms with Gasteiger partial charge in [0.1, 0.15) is 5.58 Å². The molecule has 2 aromatic carbocycles. The fourth-order valence-corrected chi connectivity index (χ4v) is 5.07. The smallest absolute Gasteiger partial charge is 0.417 e. The van der Waals surface area contributed by atoms with E-state index >= 15 is 0 Å². The van der Waals surface area contributed by atoms with Crippen molar-refractivity contribution in [3.63, 3.8) is 0 Å². The number of rotatable bonds is 5. The number of aromatic amines is 1. The quantitative estimate of drug-likeness (QED) is 0.471. The van der Waals surface area contributed by atoms with Crippen molar-refractivity contribution in [2.75, 3.05) is 24.5 Å². The number of furan rings is 1. The molecule has 3 heterocycles. The summed E-state index contributed by atoms with van der Waals surface area (Å²) in [5, 5.41) is 1.85. The van der Waals surface area contributed by atoms with Crippen LogP contribution in [0.4, 0.5) is 5.69 Å². The number of piperazine rings is 1. The number of nitrogens with zero attached hydrogens (tertiary/aromatic N) is 2. The van der Waals surface area contributed by atoms with E-state index in [2.05, 4.69) is 28.6 Å². The molecule has 1 N–H and O–H groups in total. The molecular weight excluding hydrogens is 414 g/mol. The van der Waals surface area contributed by atoms with Crippen LogP contribution in [-0.4, -0.2) is 41.6 Å². The molecule has 162 valence electrons. The third kappa shape index (κ3) is 3.86. The normalized spacial score (nSPS) is 20.2. The van der Waals surface area contributed by atoms with E-state index in [9.17, 15) is 4.79 Å². The Morgan fingerprint density at radius 3 is 2.77 bits per heavy atom. The number of fused-ring (bicyclic) bond motifs is 2. The summed E-state index contributed by atoms with van der Waals surface area (Å²) in [5.74, 6) is -0.407. The largest absolute Gasteiger partial charge is 0.464 e. The highest BCUT2D eigenvalue weighted by Gasteiger charge is 2.30. The van der Waals surface area contributed by atoms with Crippen LogP contribution >= 0.6 is 11.6 Å². The minimum absolute atomic E-state index is 0.389. The summed E-state index contributed by atoms with van der Waals surface area (Å²) < 4.78 is 11.1. The van der Waals surface area contributed by atoms with Gasteiger partial charge in [0, 0.05) is 35.6 Å². The van der Waals surface area contributed by atoms with Gasteiger partial charge in [0.05, 0.1) is 17.5 Å². The molecule has 7 heteroatoms. The van der Waals surface area contributed by atoms with Crippen molar-refractivity contribution in [2.45, 2.75) is 38.8 Å². The average molecular weight is 440 g/mol. The first-order valence-electron chi connectivity index (χ1n) is 10.8.